The molecule has 0 atom stereocenters. The molecular formula is C14H19ClN2O3S2. The molecule has 0 saturated carbocycles. The van der Waals surface area contributed by atoms with E-state index in [2.05, 4.69) is 0 Å². The van der Waals surface area contributed by atoms with E-state index < -0.39 is 10.0 Å². The third kappa shape index (κ3) is 4.16. The summed E-state index contributed by atoms with van der Waals surface area (Å²) < 4.78 is 26.5. The Balaban J connectivity index is 2.00. The number of halogens is 1. The van der Waals surface area contributed by atoms with Gasteiger partial charge in [0.25, 0.3) is 0 Å². The van der Waals surface area contributed by atoms with Gasteiger partial charge in [-0.3, -0.25) is 4.79 Å². The molecule has 1 aromatic carbocycles. The molecule has 1 saturated heterocycles. The van der Waals surface area contributed by atoms with Crippen LogP contribution in [0.25, 0.3) is 0 Å². The Kier molecular flexibility index (Phi) is 6.14. The number of benzene rings is 1. The minimum absolute atomic E-state index is 0.0918. The summed E-state index contributed by atoms with van der Waals surface area (Å²) in [7, 11) is -3.54. The van der Waals surface area contributed by atoms with E-state index in [1.54, 1.807) is 28.8 Å². The second-order valence-corrected chi connectivity index (χ2v) is 8.35. The molecule has 0 aliphatic carbocycles. The Morgan fingerprint density at radius 3 is 2.55 bits per heavy atom. The van der Waals surface area contributed by atoms with Crippen molar-refractivity contribution in [3.63, 3.8) is 0 Å². The van der Waals surface area contributed by atoms with Gasteiger partial charge < -0.3 is 4.90 Å². The van der Waals surface area contributed by atoms with Gasteiger partial charge in [0.15, 0.2) is 0 Å². The third-order valence-electron chi connectivity index (χ3n) is 3.55. The van der Waals surface area contributed by atoms with E-state index in [9.17, 15) is 13.2 Å². The highest BCUT2D eigenvalue weighted by molar-refractivity contribution is 7.98. The minimum atomic E-state index is -3.54. The standard InChI is InChI=1S/C14H19ClN2O3S2/c1-21-10-5-14(18)16-6-8-17(9-7-16)22(19,20)13-4-2-3-12(15)11-13/h2-4,11H,5-10H2,1H3. The fourth-order valence-electron chi connectivity index (χ4n) is 2.30. The predicted molar refractivity (Wildman–Crippen MR) is 89.8 cm³/mol. The number of sulfonamides is 1. The maximum Gasteiger partial charge on any atom is 0.243 e. The van der Waals surface area contributed by atoms with Crippen LogP contribution in [0.5, 0.6) is 0 Å². The number of rotatable bonds is 5. The summed E-state index contributed by atoms with van der Waals surface area (Å²) in [4.78, 5) is 13.9. The molecule has 1 aliphatic heterocycles. The molecule has 1 amide bonds. The Morgan fingerprint density at radius 2 is 1.95 bits per heavy atom. The van der Waals surface area contributed by atoms with Crippen LogP contribution < -0.4 is 0 Å². The first-order chi connectivity index (χ1) is 10.4. The average Bonchev–Trinajstić information content (AvgIpc) is 2.52. The lowest BCUT2D eigenvalue weighted by atomic mass is 10.3. The Morgan fingerprint density at radius 1 is 1.27 bits per heavy atom. The van der Waals surface area contributed by atoms with Gasteiger partial charge in [0.05, 0.1) is 4.90 Å². The van der Waals surface area contributed by atoms with E-state index in [1.165, 1.54) is 16.4 Å². The minimum Gasteiger partial charge on any atom is -0.340 e. The molecule has 0 radical (unpaired) electrons. The first-order valence-corrected chi connectivity index (χ1v) is 10.2. The fraction of sp³-hybridized carbons (Fsp3) is 0.500. The fourth-order valence-corrected chi connectivity index (χ4v) is 4.40. The van der Waals surface area contributed by atoms with E-state index >= 15 is 0 Å². The summed E-state index contributed by atoms with van der Waals surface area (Å²) in [6.45, 7) is 1.51. The monoisotopic (exact) mass is 362 g/mol. The number of hydrogen-bond acceptors (Lipinski definition) is 4. The number of carbonyl (C=O) groups is 1. The number of piperazine rings is 1. The van der Waals surface area contributed by atoms with Crippen molar-refractivity contribution >= 4 is 39.3 Å². The van der Waals surface area contributed by atoms with Crippen LogP contribution in [0.3, 0.4) is 0 Å². The van der Waals surface area contributed by atoms with E-state index in [-0.39, 0.29) is 10.8 Å². The molecule has 5 nitrogen and oxygen atoms in total. The SMILES string of the molecule is CSCCC(=O)N1CCN(S(=O)(=O)c2cccc(Cl)c2)CC1. The molecule has 1 fully saturated rings. The summed E-state index contributed by atoms with van der Waals surface area (Å²) in [6, 6.07) is 6.25. The van der Waals surface area contributed by atoms with Crippen LogP contribution in [0.1, 0.15) is 6.42 Å². The molecule has 8 heteroatoms. The van der Waals surface area contributed by atoms with Crippen molar-refractivity contribution in [1.29, 1.82) is 0 Å². The smallest absolute Gasteiger partial charge is 0.243 e. The molecule has 0 N–H and O–H groups in total. The zero-order valence-corrected chi connectivity index (χ0v) is 14.8. The van der Waals surface area contributed by atoms with Crippen molar-refractivity contribution in [1.82, 2.24) is 9.21 Å². The van der Waals surface area contributed by atoms with Crippen molar-refractivity contribution in [2.45, 2.75) is 11.3 Å². The molecule has 1 heterocycles. The summed E-state index contributed by atoms with van der Waals surface area (Å²) in [5.74, 6) is 0.883. The second-order valence-electron chi connectivity index (χ2n) is 4.99. The normalized spacial score (nSPS) is 16.7. The van der Waals surface area contributed by atoms with Gasteiger partial charge in [-0.15, -0.1) is 0 Å². The lowest BCUT2D eigenvalue weighted by Gasteiger charge is -2.34. The van der Waals surface area contributed by atoms with Crippen LogP contribution >= 0.6 is 23.4 Å². The van der Waals surface area contributed by atoms with Gasteiger partial charge in [-0.05, 0) is 24.5 Å². The lowest BCUT2D eigenvalue weighted by molar-refractivity contribution is -0.131. The zero-order valence-electron chi connectivity index (χ0n) is 12.4. The first-order valence-electron chi connectivity index (χ1n) is 6.97. The highest BCUT2D eigenvalue weighted by atomic mass is 35.5. The van der Waals surface area contributed by atoms with Crippen molar-refractivity contribution in [3.05, 3.63) is 29.3 Å². The maximum absolute atomic E-state index is 12.5. The second kappa shape index (κ2) is 7.68. The van der Waals surface area contributed by atoms with Crippen molar-refractivity contribution in [3.8, 4) is 0 Å². The topological polar surface area (TPSA) is 57.7 Å². The van der Waals surface area contributed by atoms with Crippen LogP contribution in [0, 0.1) is 0 Å². The summed E-state index contributed by atoms with van der Waals surface area (Å²) in [5.41, 5.74) is 0. The van der Waals surface area contributed by atoms with Gasteiger partial charge in [0.2, 0.25) is 15.9 Å². The number of thioether (sulfide) groups is 1. The molecule has 1 aliphatic rings. The molecule has 122 valence electrons. The van der Waals surface area contributed by atoms with Gasteiger partial charge in [-0.1, -0.05) is 17.7 Å². The molecule has 2 rings (SSSR count). The first kappa shape index (κ1) is 17.6. The highest BCUT2D eigenvalue weighted by Crippen LogP contribution is 2.21. The van der Waals surface area contributed by atoms with Crippen LogP contribution in [0.4, 0.5) is 0 Å². The number of amides is 1. The number of hydrogen-bond donors (Lipinski definition) is 0. The summed E-state index contributed by atoms with van der Waals surface area (Å²) >= 11 is 7.50. The molecule has 0 spiro atoms. The third-order valence-corrected chi connectivity index (χ3v) is 6.29. The van der Waals surface area contributed by atoms with Gasteiger partial charge in [0, 0.05) is 43.4 Å². The summed E-state index contributed by atoms with van der Waals surface area (Å²) in [6.07, 6.45) is 2.46. The van der Waals surface area contributed by atoms with Crippen molar-refractivity contribution in [2.24, 2.45) is 0 Å². The molecule has 1 aromatic rings. The number of nitrogens with zero attached hydrogens (tertiary/aromatic N) is 2. The Hall–Kier alpha value is -0.760. The molecule has 22 heavy (non-hydrogen) atoms. The van der Waals surface area contributed by atoms with Gasteiger partial charge in [-0.2, -0.15) is 16.1 Å². The van der Waals surface area contributed by atoms with Gasteiger partial charge >= 0.3 is 0 Å². The van der Waals surface area contributed by atoms with Gasteiger partial charge in [-0.25, -0.2) is 8.42 Å². The van der Waals surface area contributed by atoms with E-state index in [4.69, 9.17) is 11.6 Å². The predicted octanol–water partition coefficient (Wildman–Crippen LogP) is 1.93. The van der Waals surface area contributed by atoms with Crippen LogP contribution in [0.15, 0.2) is 29.2 Å². The highest BCUT2D eigenvalue weighted by Gasteiger charge is 2.29. The lowest BCUT2D eigenvalue weighted by Crippen LogP contribution is -2.50. The number of carbonyl (C=O) groups excluding carboxylic acids is 1. The quantitative estimate of drug-likeness (QED) is 0.803. The Labute approximate surface area is 140 Å². The van der Waals surface area contributed by atoms with E-state index in [0.717, 1.165) is 5.75 Å². The van der Waals surface area contributed by atoms with Crippen molar-refractivity contribution < 1.29 is 13.2 Å². The van der Waals surface area contributed by atoms with E-state index in [0.29, 0.717) is 37.6 Å². The Bertz CT molecular complexity index is 629. The summed E-state index contributed by atoms with van der Waals surface area (Å²) in [5, 5.41) is 0.395. The maximum atomic E-state index is 12.5. The van der Waals surface area contributed by atoms with Crippen LogP contribution in [0.2, 0.25) is 5.02 Å². The largest absolute Gasteiger partial charge is 0.340 e. The van der Waals surface area contributed by atoms with E-state index in [1.807, 2.05) is 6.26 Å². The molecular weight excluding hydrogens is 344 g/mol. The van der Waals surface area contributed by atoms with Crippen LogP contribution in [-0.2, 0) is 14.8 Å². The molecule has 0 bridgehead atoms. The van der Waals surface area contributed by atoms with Crippen LogP contribution in [-0.4, -0.2) is 61.7 Å². The zero-order chi connectivity index (χ0) is 16.2. The molecule has 0 unspecified atom stereocenters. The average molecular weight is 363 g/mol. The molecule has 0 aromatic heterocycles. The van der Waals surface area contributed by atoms with Crippen molar-refractivity contribution in [2.75, 3.05) is 38.2 Å². The van der Waals surface area contributed by atoms with Gasteiger partial charge in [0.1, 0.15) is 0 Å².